The van der Waals surface area contributed by atoms with Crippen LogP contribution in [0.5, 0.6) is 11.8 Å². The van der Waals surface area contributed by atoms with Crippen molar-refractivity contribution in [1.29, 1.82) is 0 Å². The molecule has 5 rings (SSSR count). The highest BCUT2D eigenvalue weighted by Gasteiger charge is 2.23. The van der Waals surface area contributed by atoms with E-state index in [4.69, 9.17) is 9.47 Å². The van der Waals surface area contributed by atoms with Crippen LogP contribution in [0.15, 0.2) is 61.1 Å². The highest BCUT2D eigenvalue weighted by atomic mass is 16.5. The van der Waals surface area contributed by atoms with E-state index < -0.39 is 6.23 Å². The Hall–Kier alpha value is -3.66. The highest BCUT2D eigenvalue weighted by Crippen LogP contribution is 2.26. The maximum Gasteiger partial charge on any atom is 0.321 e. The first kappa shape index (κ1) is 22.1. The van der Waals surface area contributed by atoms with Crippen molar-refractivity contribution in [2.75, 3.05) is 33.3 Å². The third-order valence-corrected chi connectivity index (χ3v) is 6.06. The molecule has 4 aromatic rings. The van der Waals surface area contributed by atoms with Crippen LogP contribution in [-0.4, -0.2) is 75.8 Å². The maximum absolute atomic E-state index is 11.1. The highest BCUT2D eigenvalue weighted by molar-refractivity contribution is 5.84. The van der Waals surface area contributed by atoms with Crippen molar-refractivity contribution in [1.82, 2.24) is 30.0 Å². The number of benzene rings is 2. The van der Waals surface area contributed by atoms with E-state index in [1.807, 2.05) is 18.2 Å². The fraction of sp³-hybridized carbons (Fsp3) is 0.280. The minimum atomic E-state index is -0.445. The van der Waals surface area contributed by atoms with E-state index in [9.17, 15) is 4.79 Å². The van der Waals surface area contributed by atoms with Crippen molar-refractivity contribution in [2.45, 2.75) is 12.8 Å². The lowest BCUT2D eigenvalue weighted by molar-refractivity contribution is -0.129. The fourth-order valence-electron chi connectivity index (χ4n) is 4.19. The molecule has 1 saturated heterocycles. The monoisotopic (exact) mass is 458 g/mol. The lowest BCUT2D eigenvalue weighted by Crippen LogP contribution is -2.51. The molecule has 1 atom stereocenters. The molecule has 2 aromatic heterocycles. The van der Waals surface area contributed by atoms with Gasteiger partial charge in [0, 0.05) is 64.0 Å². The van der Waals surface area contributed by atoms with Gasteiger partial charge >= 0.3 is 6.01 Å². The summed E-state index contributed by atoms with van der Waals surface area (Å²) in [5.41, 5.74) is 2.96. The number of nitrogens with zero attached hydrogens (tertiary/aromatic N) is 5. The number of piperazine rings is 1. The summed E-state index contributed by atoms with van der Waals surface area (Å²) in [6.07, 6.45) is 5.51. The second-order valence-electron chi connectivity index (χ2n) is 8.24. The van der Waals surface area contributed by atoms with E-state index in [2.05, 4.69) is 54.2 Å². The summed E-state index contributed by atoms with van der Waals surface area (Å²) in [6, 6.07) is 14.6. The van der Waals surface area contributed by atoms with Gasteiger partial charge < -0.3 is 9.47 Å². The Kier molecular flexibility index (Phi) is 6.57. The molecule has 9 nitrogen and oxygen atoms in total. The largest absolute Gasteiger partial charge is 0.424 e. The molecule has 0 amide bonds. The second kappa shape index (κ2) is 10.1. The topological polar surface area (TPSA) is 96.5 Å². The summed E-state index contributed by atoms with van der Waals surface area (Å²) in [6.45, 7) is 4.31. The third-order valence-electron chi connectivity index (χ3n) is 6.06. The number of carbonyl (C=O) groups is 1. The minimum Gasteiger partial charge on any atom is -0.424 e. The van der Waals surface area contributed by atoms with Gasteiger partial charge in [0.25, 0.3) is 0 Å². The van der Waals surface area contributed by atoms with E-state index >= 15 is 0 Å². The molecule has 0 bridgehead atoms. The minimum absolute atomic E-state index is 0.295. The van der Waals surface area contributed by atoms with Gasteiger partial charge in [-0.1, -0.05) is 18.2 Å². The van der Waals surface area contributed by atoms with Crippen LogP contribution in [0.25, 0.3) is 22.0 Å². The zero-order valence-corrected chi connectivity index (χ0v) is 18.9. The number of H-pyrrole nitrogens is 1. The molecule has 2 aromatic carbocycles. The molecular formula is C25H26N6O3. The van der Waals surface area contributed by atoms with Crippen LogP contribution in [-0.2, 0) is 16.1 Å². The molecule has 0 aliphatic carbocycles. The number of carbonyl (C=O) groups excluding carboxylic acids is 1. The van der Waals surface area contributed by atoms with Crippen LogP contribution in [0, 0.1) is 0 Å². The number of aldehydes is 1. The van der Waals surface area contributed by atoms with Crippen molar-refractivity contribution in [3.05, 3.63) is 66.6 Å². The van der Waals surface area contributed by atoms with Crippen molar-refractivity contribution < 1.29 is 14.3 Å². The van der Waals surface area contributed by atoms with Crippen LogP contribution < -0.4 is 4.74 Å². The van der Waals surface area contributed by atoms with E-state index in [-0.39, 0.29) is 0 Å². The molecule has 174 valence electrons. The molecule has 1 fully saturated rings. The Morgan fingerprint density at radius 2 is 1.79 bits per heavy atom. The Labute approximate surface area is 197 Å². The van der Waals surface area contributed by atoms with Crippen LogP contribution in [0.1, 0.15) is 5.56 Å². The quantitative estimate of drug-likeness (QED) is 0.403. The maximum atomic E-state index is 11.1. The Morgan fingerprint density at radius 1 is 1.03 bits per heavy atom. The number of nitrogens with one attached hydrogen (secondary N) is 1. The van der Waals surface area contributed by atoms with Gasteiger partial charge in [-0.05, 0) is 40.6 Å². The third kappa shape index (κ3) is 4.96. The summed E-state index contributed by atoms with van der Waals surface area (Å²) in [4.78, 5) is 24.2. The number of rotatable bonds is 8. The van der Waals surface area contributed by atoms with Gasteiger partial charge in [0.05, 0.1) is 5.69 Å². The predicted molar refractivity (Wildman–Crippen MR) is 127 cm³/mol. The first-order valence-electron chi connectivity index (χ1n) is 11.2. The molecular weight excluding hydrogens is 432 g/mol. The average Bonchev–Trinajstić information content (AvgIpc) is 3.41. The number of hydrogen-bond acceptors (Lipinski definition) is 8. The molecule has 0 saturated carbocycles. The van der Waals surface area contributed by atoms with Gasteiger partial charge in [-0.25, -0.2) is 9.97 Å². The van der Waals surface area contributed by atoms with Crippen LogP contribution >= 0.6 is 0 Å². The van der Waals surface area contributed by atoms with E-state index in [1.165, 1.54) is 5.56 Å². The smallest absolute Gasteiger partial charge is 0.321 e. The molecule has 34 heavy (non-hydrogen) atoms. The van der Waals surface area contributed by atoms with Gasteiger partial charge in [0.1, 0.15) is 5.75 Å². The molecule has 1 aliphatic heterocycles. The molecule has 1 unspecified atom stereocenters. The lowest BCUT2D eigenvalue weighted by atomic mass is 10.1. The van der Waals surface area contributed by atoms with E-state index in [1.54, 1.807) is 25.7 Å². The summed E-state index contributed by atoms with van der Waals surface area (Å²) in [5.74, 6) is 0.688. The first-order chi connectivity index (χ1) is 16.7. The Balaban J connectivity index is 1.21. The number of ether oxygens (including phenoxy) is 2. The molecule has 1 N–H and O–H groups in total. The zero-order valence-electron chi connectivity index (χ0n) is 18.9. The van der Waals surface area contributed by atoms with Gasteiger partial charge in [0.2, 0.25) is 0 Å². The number of hydrogen-bond donors (Lipinski definition) is 1. The fourth-order valence-corrected chi connectivity index (χ4v) is 4.19. The number of methoxy groups -OCH3 is 1. The lowest BCUT2D eigenvalue weighted by Gasteiger charge is -2.36. The van der Waals surface area contributed by atoms with Gasteiger partial charge in [-0.15, -0.1) is 0 Å². The van der Waals surface area contributed by atoms with Gasteiger partial charge in [0.15, 0.2) is 12.5 Å². The molecule has 0 spiro atoms. The average molecular weight is 459 g/mol. The Morgan fingerprint density at radius 3 is 2.50 bits per heavy atom. The normalized spacial score (nSPS) is 15.9. The van der Waals surface area contributed by atoms with Crippen LogP contribution in [0.3, 0.4) is 0 Å². The summed E-state index contributed by atoms with van der Waals surface area (Å²) >= 11 is 0. The van der Waals surface area contributed by atoms with Crippen molar-refractivity contribution in [3.8, 4) is 23.0 Å². The van der Waals surface area contributed by atoms with Crippen molar-refractivity contribution >= 4 is 17.1 Å². The number of aromatic amines is 1. The number of aromatic nitrogens is 4. The van der Waals surface area contributed by atoms with E-state index in [0.717, 1.165) is 61.0 Å². The van der Waals surface area contributed by atoms with Crippen molar-refractivity contribution in [3.63, 3.8) is 0 Å². The zero-order chi connectivity index (χ0) is 23.3. The first-order valence-corrected chi connectivity index (χ1v) is 11.2. The standard InChI is InChI=1S/C25H26N6O3/c1-33-24(17-32)31-10-8-30(9-11-31)16-18-2-3-20-13-22(5-4-19(20)12-18)34-25-26-14-21(15-27-25)23-6-7-28-29-23/h2-7,12-15,17,24H,8-11,16H2,1H3,(H,28,29). The molecule has 0 radical (unpaired) electrons. The van der Waals surface area contributed by atoms with Crippen molar-refractivity contribution in [2.24, 2.45) is 0 Å². The SMILES string of the molecule is COC(C=O)N1CCN(Cc2ccc3cc(Oc4ncc(-c5ccn[nH]5)cn4)ccc3c2)CC1. The summed E-state index contributed by atoms with van der Waals surface area (Å²) in [7, 11) is 1.57. The van der Waals surface area contributed by atoms with Gasteiger partial charge in [-0.2, -0.15) is 5.10 Å². The number of fused-ring (bicyclic) bond motifs is 1. The molecule has 9 heteroatoms. The van der Waals surface area contributed by atoms with Gasteiger partial charge in [-0.3, -0.25) is 19.7 Å². The molecule has 1 aliphatic rings. The summed E-state index contributed by atoms with van der Waals surface area (Å²) in [5, 5.41) is 9.07. The van der Waals surface area contributed by atoms with E-state index in [0.29, 0.717) is 11.8 Å². The second-order valence-corrected chi connectivity index (χ2v) is 8.24. The predicted octanol–water partition coefficient (Wildman–Crippen LogP) is 3.10. The Bertz CT molecular complexity index is 1240. The van der Waals surface area contributed by atoms with Crippen LogP contribution in [0.2, 0.25) is 0 Å². The summed E-state index contributed by atoms with van der Waals surface area (Å²) < 4.78 is 11.1. The van der Waals surface area contributed by atoms with Crippen LogP contribution in [0.4, 0.5) is 0 Å². The molecule has 3 heterocycles.